The molecule has 1 aromatic rings. The molecule has 2 heterocycles. The summed E-state index contributed by atoms with van der Waals surface area (Å²) >= 11 is 3.50. The van der Waals surface area contributed by atoms with Crippen molar-refractivity contribution in [1.82, 2.24) is 0 Å². The first kappa shape index (κ1) is 10.2. The van der Waals surface area contributed by atoms with Crippen LogP contribution in [0.25, 0.3) is 0 Å². The lowest BCUT2D eigenvalue weighted by Crippen LogP contribution is -2.30. The van der Waals surface area contributed by atoms with Crippen LogP contribution in [-0.2, 0) is 10.3 Å². The Balaban J connectivity index is 2.21. The van der Waals surface area contributed by atoms with Gasteiger partial charge in [-0.15, -0.1) is 0 Å². The molecule has 0 saturated carbocycles. The van der Waals surface area contributed by atoms with Gasteiger partial charge in [-0.3, -0.25) is 0 Å². The first-order valence-corrected chi connectivity index (χ1v) is 5.99. The first-order valence-electron chi connectivity index (χ1n) is 4.87. The van der Waals surface area contributed by atoms with E-state index in [1.54, 1.807) is 12.5 Å². The Bertz CT molecular complexity index is 309. The average molecular weight is 259 g/mol. The lowest BCUT2D eigenvalue weighted by atomic mass is 9.94. The largest absolute Gasteiger partial charge is 0.472 e. The summed E-state index contributed by atoms with van der Waals surface area (Å²) in [6.45, 7) is 4.28. The second-order valence-electron chi connectivity index (χ2n) is 4.43. The van der Waals surface area contributed by atoms with Crippen molar-refractivity contribution >= 4 is 15.9 Å². The van der Waals surface area contributed by atoms with Crippen molar-refractivity contribution in [3.05, 3.63) is 24.2 Å². The molecule has 2 nitrogen and oxygen atoms in total. The molecule has 1 fully saturated rings. The second-order valence-corrected chi connectivity index (χ2v) is 4.99. The molecule has 1 saturated heterocycles. The summed E-state index contributed by atoms with van der Waals surface area (Å²) in [5.41, 5.74) is 0.934. The Hall–Kier alpha value is -0.280. The molecule has 0 aromatic carbocycles. The summed E-state index contributed by atoms with van der Waals surface area (Å²) in [7, 11) is 0. The third-order valence-corrected chi connectivity index (χ3v) is 4.20. The Morgan fingerprint density at radius 1 is 1.43 bits per heavy atom. The van der Waals surface area contributed by atoms with Crippen molar-refractivity contribution in [3.8, 4) is 0 Å². The van der Waals surface area contributed by atoms with Gasteiger partial charge in [0, 0.05) is 10.9 Å². The van der Waals surface area contributed by atoms with E-state index < -0.39 is 0 Å². The van der Waals surface area contributed by atoms with Crippen LogP contribution in [0.4, 0.5) is 0 Å². The molecule has 0 radical (unpaired) electrons. The van der Waals surface area contributed by atoms with E-state index in [2.05, 4.69) is 29.8 Å². The SMILES string of the molecule is CC1(CBr)CCC(C)(c2ccoc2)O1. The van der Waals surface area contributed by atoms with Crippen molar-refractivity contribution in [3.63, 3.8) is 0 Å². The van der Waals surface area contributed by atoms with E-state index in [1.807, 2.05) is 6.07 Å². The maximum absolute atomic E-state index is 6.12. The van der Waals surface area contributed by atoms with E-state index in [-0.39, 0.29) is 11.2 Å². The zero-order chi connectivity index (χ0) is 10.2. The molecule has 0 amide bonds. The minimum Gasteiger partial charge on any atom is -0.472 e. The van der Waals surface area contributed by atoms with Gasteiger partial charge in [-0.1, -0.05) is 15.9 Å². The highest BCUT2D eigenvalue weighted by molar-refractivity contribution is 9.09. The number of furan rings is 1. The Morgan fingerprint density at radius 2 is 2.21 bits per heavy atom. The second kappa shape index (κ2) is 3.38. The van der Waals surface area contributed by atoms with Gasteiger partial charge in [-0.05, 0) is 32.8 Å². The molecule has 0 bridgehead atoms. The lowest BCUT2D eigenvalue weighted by molar-refractivity contribution is -0.0763. The smallest absolute Gasteiger partial charge is 0.0963 e. The van der Waals surface area contributed by atoms with Crippen LogP contribution < -0.4 is 0 Å². The molecule has 2 atom stereocenters. The number of hydrogen-bond acceptors (Lipinski definition) is 2. The quantitative estimate of drug-likeness (QED) is 0.759. The van der Waals surface area contributed by atoms with E-state index in [9.17, 15) is 0 Å². The summed E-state index contributed by atoms with van der Waals surface area (Å²) in [4.78, 5) is 0. The molecule has 0 spiro atoms. The van der Waals surface area contributed by atoms with Crippen molar-refractivity contribution in [1.29, 1.82) is 0 Å². The van der Waals surface area contributed by atoms with E-state index in [4.69, 9.17) is 9.15 Å². The van der Waals surface area contributed by atoms with E-state index >= 15 is 0 Å². The predicted octanol–water partition coefficient (Wildman–Crippen LogP) is 3.46. The fourth-order valence-corrected chi connectivity index (χ4v) is 2.41. The van der Waals surface area contributed by atoms with Crippen LogP contribution in [0.2, 0.25) is 0 Å². The average Bonchev–Trinajstić information content (AvgIpc) is 2.75. The number of alkyl halides is 1. The standard InChI is InChI=1S/C11H15BrO2/c1-10(8-12)4-5-11(2,14-10)9-3-6-13-7-9/h3,6-7H,4-5,8H2,1-2H3. The zero-order valence-corrected chi connectivity index (χ0v) is 10.1. The van der Waals surface area contributed by atoms with E-state index in [1.165, 1.54) is 0 Å². The summed E-state index contributed by atoms with van der Waals surface area (Å²) in [6.07, 6.45) is 5.61. The van der Waals surface area contributed by atoms with Crippen LogP contribution in [0, 0.1) is 0 Å². The van der Waals surface area contributed by atoms with Crippen molar-refractivity contribution in [2.75, 3.05) is 5.33 Å². The molecule has 0 N–H and O–H groups in total. The highest BCUT2D eigenvalue weighted by Gasteiger charge is 2.44. The number of rotatable bonds is 2. The molecule has 3 heteroatoms. The van der Waals surface area contributed by atoms with Crippen LogP contribution in [0.5, 0.6) is 0 Å². The Kier molecular flexibility index (Phi) is 2.48. The molecule has 1 aliphatic heterocycles. The molecular formula is C11H15BrO2. The fraction of sp³-hybridized carbons (Fsp3) is 0.636. The maximum atomic E-state index is 6.12. The summed E-state index contributed by atoms with van der Waals surface area (Å²) < 4.78 is 11.2. The van der Waals surface area contributed by atoms with Crippen molar-refractivity contribution in [2.24, 2.45) is 0 Å². The molecule has 1 aliphatic rings. The molecular weight excluding hydrogens is 244 g/mol. The topological polar surface area (TPSA) is 22.4 Å². The van der Waals surface area contributed by atoms with E-state index in [0.29, 0.717) is 0 Å². The van der Waals surface area contributed by atoms with Crippen LogP contribution in [0.3, 0.4) is 0 Å². The normalized spacial score (nSPS) is 37.6. The summed E-state index contributed by atoms with van der Waals surface area (Å²) in [5, 5.41) is 0.882. The lowest BCUT2D eigenvalue weighted by Gasteiger charge is -2.28. The van der Waals surface area contributed by atoms with Crippen molar-refractivity contribution < 1.29 is 9.15 Å². The van der Waals surface area contributed by atoms with Gasteiger partial charge in [0.1, 0.15) is 0 Å². The minimum atomic E-state index is -0.171. The first-order chi connectivity index (χ1) is 6.58. The maximum Gasteiger partial charge on any atom is 0.0963 e. The van der Waals surface area contributed by atoms with Crippen molar-refractivity contribution in [2.45, 2.75) is 37.9 Å². The van der Waals surface area contributed by atoms with Gasteiger partial charge in [0.25, 0.3) is 0 Å². The summed E-state index contributed by atoms with van der Waals surface area (Å²) in [5.74, 6) is 0. The van der Waals surface area contributed by atoms with E-state index in [0.717, 1.165) is 23.7 Å². The Labute approximate surface area is 92.8 Å². The number of halogens is 1. The third kappa shape index (κ3) is 1.63. The summed E-state index contributed by atoms with van der Waals surface area (Å²) in [6, 6.07) is 1.99. The fourth-order valence-electron chi connectivity index (χ4n) is 2.01. The Morgan fingerprint density at radius 3 is 2.71 bits per heavy atom. The monoisotopic (exact) mass is 258 g/mol. The molecule has 14 heavy (non-hydrogen) atoms. The number of hydrogen-bond donors (Lipinski definition) is 0. The van der Waals surface area contributed by atoms with Gasteiger partial charge in [-0.2, -0.15) is 0 Å². The molecule has 1 aromatic heterocycles. The van der Waals surface area contributed by atoms with Gasteiger partial charge < -0.3 is 9.15 Å². The van der Waals surface area contributed by atoms with Crippen LogP contribution in [-0.4, -0.2) is 10.9 Å². The zero-order valence-electron chi connectivity index (χ0n) is 8.55. The van der Waals surface area contributed by atoms with Crippen LogP contribution in [0.1, 0.15) is 32.3 Å². The predicted molar refractivity (Wildman–Crippen MR) is 58.6 cm³/mol. The highest BCUT2D eigenvalue weighted by Crippen LogP contribution is 2.44. The molecule has 78 valence electrons. The third-order valence-electron chi connectivity index (χ3n) is 3.02. The minimum absolute atomic E-state index is 0.0357. The highest BCUT2D eigenvalue weighted by atomic mass is 79.9. The molecule has 0 aliphatic carbocycles. The van der Waals surface area contributed by atoms with Crippen LogP contribution >= 0.6 is 15.9 Å². The van der Waals surface area contributed by atoms with Crippen LogP contribution in [0.15, 0.2) is 23.0 Å². The molecule has 2 unspecified atom stereocenters. The van der Waals surface area contributed by atoms with Gasteiger partial charge in [0.15, 0.2) is 0 Å². The molecule has 2 rings (SSSR count). The van der Waals surface area contributed by atoms with Gasteiger partial charge in [0.05, 0.1) is 23.7 Å². The van der Waals surface area contributed by atoms with Gasteiger partial charge in [-0.25, -0.2) is 0 Å². The number of ether oxygens (including phenoxy) is 1. The van der Waals surface area contributed by atoms with Gasteiger partial charge >= 0.3 is 0 Å². The van der Waals surface area contributed by atoms with Gasteiger partial charge in [0.2, 0.25) is 0 Å².